The van der Waals surface area contributed by atoms with Crippen molar-refractivity contribution in [3.05, 3.63) is 48.6 Å². The lowest BCUT2D eigenvalue weighted by Gasteiger charge is -2.12. The van der Waals surface area contributed by atoms with Crippen molar-refractivity contribution >= 4 is 23.8 Å². The van der Waals surface area contributed by atoms with Gasteiger partial charge in [0, 0.05) is 12.8 Å². The summed E-state index contributed by atoms with van der Waals surface area (Å²) in [4.78, 5) is 47.0. The fourth-order valence-electron chi connectivity index (χ4n) is 4.55. The Hall–Kier alpha value is -3.20. The van der Waals surface area contributed by atoms with Crippen LogP contribution in [-0.4, -0.2) is 59.3 Å². The number of aliphatic hydroxyl groups excluding tert-OH is 1. The van der Waals surface area contributed by atoms with Gasteiger partial charge in [-0.2, -0.15) is 0 Å². The smallest absolute Gasteiger partial charge is 0.328 e. The first-order chi connectivity index (χ1) is 22.3. The number of rotatable bonds is 30. The van der Waals surface area contributed by atoms with Gasteiger partial charge in [0.05, 0.1) is 13.2 Å². The SMILES string of the molecule is CC/C=C\C/C=C\C(/C=C\CCCCCC(=O)NCC(=O)NC(CO)C(=O)O)OC(=O)CCCCCCC/C=C\CCCCCC. The molecule has 4 N–H and O–H groups in total. The van der Waals surface area contributed by atoms with E-state index in [1.807, 2.05) is 24.3 Å². The number of unbranched alkanes of at least 4 members (excludes halogenated alkanes) is 12. The van der Waals surface area contributed by atoms with E-state index in [2.05, 4.69) is 48.8 Å². The summed E-state index contributed by atoms with van der Waals surface area (Å²) in [6.07, 6.45) is 34.8. The second-order valence-corrected chi connectivity index (χ2v) is 11.6. The molecule has 9 nitrogen and oxygen atoms in total. The van der Waals surface area contributed by atoms with E-state index >= 15 is 0 Å². The first-order valence-electron chi connectivity index (χ1n) is 17.6. The number of allylic oxidation sites excluding steroid dienone is 6. The van der Waals surface area contributed by atoms with Crippen molar-refractivity contribution in [1.82, 2.24) is 10.6 Å². The molecule has 0 saturated heterocycles. The van der Waals surface area contributed by atoms with E-state index in [0.717, 1.165) is 57.8 Å². The van der Waals surface area contributed by atoms with Crippen molar-refractivity contribution in [3.63, 3.8) is 0 Å². The van der Waals surface area contributed by atoms with E-state index in [0.29, 0.717) is 12.8 Å². The number of carbonyl (C=O) groups is 4. The van der Waals surface area contributed by atoms with Crippen molar-refractivity contribution in [1.29, 1.82) is 0 Å². The van der Waals surface area contributed by atoms with Crippen molar-refractivity contribution in [2.75, 3.05) is 13.2 Å². The maximum Gasteiger partial charge on any atom is 0.328 e. The number of hydrogen-bond acceptors (Lipinski definition) is 6. The third kappa shape index (κ3) is 28.3. The lowest BCUT2D eigenvalue weighted by molar-refractivity contribution is -0.145. The number of aliphatic carboxylic acids is 1. The highest BCUT2D eigenvalue weighted by atomic mass is 16.5. The van der Waals surface area contributed by atoms with E-state index in [-0.39, 0.29) is 24.8 Å². The number of ether oxygens (including phenoxy) is 1. The van der Waals surface area contributed by atoms with Crippen LogP contribution < -0.4 is 10.6 Å². The number of esters is 1. The second kappa shape index (κ2) is 31.8. The Morgan fingerprint density at radius 3 is 1.91 bits per heavy atom. The Bertz CT molecular complexity index is 927. The molecule has 0 aromatic carbocycles. The minimum Gasteiger partial charge on any atom is -0.480 e. The van der Waals surface area contributed by atoms with Crippen LogP contribution in [0.15, 0.2) is 48.6 Å². The molecule has 0 heterocycles. The van der Waals surface area contributed by atoms with Crippen LogP contribution in [0.4, 0.5) is 0 Å². The minimum atomic E-state index is -1.39. The average Bonchev–Trinajstić information content (AvgIpc) is 3.03. The number of amides is 2. The number of nitrogens with one attached hydrogen (secondary N) is 2. The largest absolute Gasteiger partial charge is 0.480 e. The Kier molecular flexibility index (Phi) is 29.6. The molecule has 0 bridgehead atoms. The van der Waals surface area contributed by atoms with Crippen LogP contribution >= 0.6 is 0 Å². The molecule has 46 heavy (non-hydrogen) atoms. The zero-order valence-corrected chi connectivity index (χ0v) is 28.6. The molecule has 0 aliphatic heterocycles. The van der Waals surface area contributed by atoms with Gasteiger partial charge in [-0.15, -0.1) is 0 Å². The predicted octanol–water partition coefficient (Wildman–Crippen LogP) is 7.25. The summed E-state index contributed by atoms with van der Waals surface area (Å²) in [5, 5.41) is 22.4. The minimum absolute atomic E-state index is 0.177. The zero-order valence-electron chi connectivity index (χ0n) is 28.6. The van der Waals surface area contributed by atoms with E-state index in [1.165, 1.54) is 44.9 Å². The third-order valence-electron chi connectivity index (χ3n) is 7.27. The highest BCUT2D eigenvalue weighted by Crippen LogP contribution is 2.11. The van der Waals surface area contributed by atoms with Crippen molar-refractivity contribution < 1.29 is 34.1 Å². The summed E-state index contributed by atoms with van der Waals surface area (Å²) in [6, 6.07) is -1.39. The van der Waals surface area contributed by atoms with Gasteiger partial charge in [-0.25, -0.2) is 4.79 Å². The van der Waals surface area contributed by atoms with Crippen molar-refractivity contribution in [3.8, 4) is 0 Å². The quantitative estimate of drug-likeness (QED) is 0.0366. The molecular weight excluding hydrogens is 584 g/mol. The number of carboxylic acids is 1. The molecule has 0 spiro atoms. The normalized spacial score (nSPS) is 13.1. The van der Waals surface area contributed by atoms with Crippen LogP contribution in [0.2, 0.25) is 0 Å². The van der Waals surface area contributed by atoms with Gasteiger partial charge in [0.15, 0.2) is 0 Å². The summed E-state index contributed by atoms with van der Waals surface area (Å²) in [7, 11) is 0. The van der Waals surface area contributed by atoms with Crippen molar-refractivity contribution in [2.24, 2.45) is 0 Å². The molecular formula is C37H62N2O7. The zero-order chi connectivity index (χ0) is 34.1. The molecule has 9 heteroatoms. The van der Waals surface area contributed by atoms with Crippen LogP contribution in [0.25, 0.3) is 0 Å². The first-order valence-corrected chi connectivity index (χ1v) is 17.6. The van der Waals surface area contributed by atoms with Crippen LogP contribution in [0.3, 0.4) is 0 Å². The number of aliphatic hydroxyl groups is 1. The highest BCUT2D eigenvalue weighted by molar-refractivity contribution is 5.87. The lowest BCUT2D eigenvalue weighted by Crippen LogP contribution is -2.47. The molecule has 0 aliphatic rings. The second-order valence-electron chi connectivity index (χ2n) is 11.6. The molecule has 0 aliphatic carbocycles. The van der Waals surface area contributed by atoms with E-state index < -0.39 is 30.6 Å². The summed E-state index contributed by atoms with van der Waals surface area (Å²) in [5.74, 6) is -2.49. The fraction of sp³-hybridized carbons (Fsp3) is 0.676. The van der Waals surface area contributed by atoms with Crippen LogP contribution in [0.5, 0.6) is 0 Å². The molecule has 2 unspecified atom stereocenters. The fourth-order valence-corrected chi connectivity index (χ4v) is 4.55. The summed E-state index contributed by atoms with van der Waals surface area (Å²) in [5.41, 5.74) is 0. The molecule has 2 amide bonds. The third-order valence-corrected chi connectivity index (χ3v) is 7.27. The van der Waals surface area contributed by atoms with Gasteiger partial charge in [-0.05, 0) is 76.4 Å². The van der Waals surface area contributed by atoms with E-state index in [4.69, 9.17) is 14.9 Å². The Labute approximate surface area is 278 Å². The lowest BCUT2D eigenvalue weighted by atomic mass is 10.1. The molecule has 0 saturated carbocycles. The van der Waals surface area contributed by atoms with Crippen LogP contribution in [-0.2, 0) is 23.9 Å². The van der Waals surface area contributed by atoms with E-state index in [1.54, 1.807) is 0 Å². The molecule has 0 aromatic heterocycles. The van der Waals surface area contributed by atoms with Gasteiger partial charge in [0.25, 0.3) is 0 Å². The number of hydrogen-bond donors (Lipinski definition) is 4. The summed E-state index contributed by atoms with van der Waals surface area (Å²) >= 11 is 0. The summed E-state index contributed by atoms with van der Waals surface area (Å²) < 4.78 is 5.74. The van der Waals surface area contributed by atoms with Gasteiger partial charge in [0.2, 0.25) is 11.8 Å². The van der Waals surface area contributed by atoms with Crippen LogP contribution in [0.1, 0.15) is 136 Å². The Morgan fingerprint density at radius 1 is 0.674 bits per heavy atom. The Morgan fingerprint density at radius 2 is 1.26 bits per heavy atom. The first kappa shape index (κ1) is 42.8. The van der Waals surface area contributed by atoms with Gasteiger partial charge in [-0.1, -0.05) is 95.2 Å². The predicted molar refractivity (Wildman–Crippen MR) is 185 cm³/mol. The topological polar surface area (TPSA) is 142 Å². The maximum atomic E-state index is 12.5. The molecule has 2 atom stereocenters. The van der Waals surface area contributed by atoms with Gasteiger partial charge in [0.1, 0.15) is 12.1 Å². The molecule has 0 aromatic rings. The van der Waals surface area contributed by atoms with Gasteiger partial charge >= 0.3 is 11.9 Å². The number of carboxylic acid groups (broad SMARTS) is 1. The monoisotopic (exact) mass is 646 g/mol. The standard InChI is InChI=1S/C37H62N2O7/c1-3-5-7-9-10-11-12-13-14-15-16-21-25-29-36(43)46-32(26-22-18-8-6-4-2)27-23-19-17-20-24-28-34(41)38-30-35(42)39-33(31-40)37(44)45/h6,8,11-12,22-23,26-27,32-33,40H,3-5,7,9-10,13-21,24-25,28-31H2,1-2H3,(H,38,41)(H,39,42)(H,44,45)/b8-6-,12-11-,26-22-,27-23-. The number of carbonyl (C=O) groups excluding carboxylic acids is 3. The molecule has 0 fully saturated rings. The molecule has 0 rings (SSSR count). The van der Waals surface area contributed by atoms with Crippen LogP contribution in [0, 0.1) is 0 Å². The summed E-state index contributed by atoms with van der Waals surface area (Å²) in [6.45, 7) is 3.26. The average molecular weight is 647 g/mol. The van der Waals surface area contributed by atoms with Gasteiger partial charge in [-0.3, -0.25) is 14.4 Å². The molecule has 0 radical (unpaired) electrons. The van der Waals surface area contributed by atoms with E-state index in [9.17, 15) is 19.2 Å². The molecule has 262 valence electrons. The maximum absolute atomic E-state index is 12.5. The van der Waals surface area contributed by atoms with Gasteiger partial charge < -0.3 is 25.6 Å². The van der Waals surface area contributed by atoms with Crippen molar-refractivity contribution in [2.45, 2.75) is 148 Å². The Balaban J connectivity index is 4.27. The highest BCUT2D eigenvalue weighted by Gasteiger charge is 2.18.